The Labute approximate surface area is 216 Å². The van der Waals surface area contributed by atoms with Gasteiger partial charge in [0.1, 0.15) is 23.7 Å². The Morgan fingerprint density at radius 1 is 1.11 bits per heavy atom. The fraction of sp³-hybridized carbons (Fsp3) is 0.345. The van der Waals surface area contributed by atoms with Gasteiger partial charge in [-0.15, -0.1) is 0 Å². The van der Waals surface area contributed by atoms with Crippen LogP contribution >= 0.6 is 0 Å². The highest BCUT2D eigenvalue weighted by Crippen LogP contribution is 2.35. The number of piperidine rings is 1. The molecule has 0 radical (unpaired) electrons. The van der Waals surface area contributed by atoms with E-state index in [0.29, 0.717) is 47.0 Å². The fourth-order valence-electron chi connectivity index (χ4n) is 5.11. The van der Waals surface area contributed by atoms with Crippen molar-refractivity contribution in [2.45, 2.75) is 45.3 Å². The molecule has 3 aromatic rings. The standard InChI is InChI=1S/C29H30FN5O2/c1-17(2)35-11-8-22(9-12-35)37-26-6-4-18(14-21(26)16-31)24-15-25(28(32)34-27(24)30)19-3-5-23-20(13-19)7-10-33-29(23)36/h3-6,13-15,17,22H,7-12H2,1-2H3,(H2,32,34)(H,33,36). The Bertz CT molecular complexity index is 1390. The van der Waals surface area contributed by atoms with Crippen LogP contribution in [0.25, 0.3) is 22.3 Å². The monoisotopic (exact) mass is 499 g/mol. The number of hydrogen-bond acceptors (Lipinski definition) is 6. The van der Waals surface area contributed by atoms with Gasteiger partial charge in [-0.25, -0.2) is 4.98 Å². The van der Waals surface area contributed by atoms with Crippen LogP contribution in [0.1, 0.15) is 48.2 Å². The van der Waals surface area contributed by atoms with E-state index in [1.807, 2.05) is 6.07 Å². The molecule has 0 saturated carbocycles. The number of benzene rings is 2. The highest BCUT2D eigenvalue weighted by Gasteiger charge is 2.24. The number of nitrogens with one attached hydrogen (secondary N) is 1. The number of pyridine rings is 1. The number of aromatic nitrogens is 1. The lowest BCUT2D eigenvalue weighted by Crippen LogP contribution is -2.41. The summed E-state index contributed by atoms with van der Waals surface area (Å²) in [6.45, 7) is 6.87. The third-order valence-corrected chi connectivity index (χ3v) is 7.26. The summed E-state index contributed by atoms with van der Waals surface area (Å²) in [4.78, 5) is 18.5. The molecular formula is C29H30FN5O2. The van der Waals surface area contributed by atoms with Gasteiger partial charge >= 0.3 is 0 Å². The number of nitrogens with zero attached hydrogens (tertiary/aromatic N) is 3. The molecule has 2 aliphatic rings. The molecule has 0 bridgehead atoms. The van der Waals surface area contributed by atoms with Crippen molar-refractivity contribution in [3.05, 3.63) is 65.1 Å². The molecular weight excluding hydrogens is 469 g/mol. The largest absolute Gasteiger partial charge is 0.489 e. The van der Waals surface area contributed by atoms with Crippen molar-refractivity contribution in [3.63, 3.8) is 0 Å². The predicted molar refractivity (Wildman–Crippen MR) is 141 cm³/mol. The molecule has 5 rings (SSSR count). The number of anilines is 1. The van der Waals surface area contributed by atoms with Crippen LogP contribution in [0.15, 0.2) is 42.5 Å². The van der Waals surface area contributed by atoms with Crippen LogP contribution in [-0.2, 0) is 6.42 Å². The quantitative estimate of drug-likeness (QED) is 0.499. The van der Waals surface area contributed by atoms with Crippen LogP contribution in [0.2, 0.25) is 0 Å². The summed E-state index contributed by atoms with van der Waals surface area (Å²) in [5, 5.41) is 12.6. The number of ether oxygens (including phenoxy) is 1. The minimum atomic E-state index is -0.711. The molecule has 0 atom stereocenters. The highest BCUT2D eigenvalue weighted by atomic mass is 19.1. The molecule has 2 aromatic carbocycles. The summed E-state index contributed by atoms with van der Waals surface area (Å²) < 4.78 is 21.2. The molecule has 7 nitrogen and oxygen atoms in total. The van der Waals surface area contributed by atoms with Gasteiger partial charge in [-0.05, 0) is 74.1 Å². The number of rotatable bonds is 5. The SMILES string of the molecule is CC(C)N1CCC(Oc2ccc(-c3cc(-c4ccc5c(c4)CCNC5=O)c(N)nc3F)cc2C#N)CC1. The molecule has 1 fully saturated rings. The second-order valence-corrected chi connectivity index (χ2v) is 9.91. The molecule has 37 heavy (non-hydrogen) atoms. The molecule has 2 aliphatic heterocycles. The van der Waals surface area contributed by atoms with Gasteiger partial charge in [0.15, 0.2) is 0 Å². The number of nitrogen functional groups attached to an aromatic ring is 1. The Kier molecular flexibility index (Phi) is 6.81. The van der Waals surface area contributed by atoms with Crippen LogP contribution in [0, 0.1) is 17.3 Å². The normalized spacial score (nSPS) is 16.2. The average molecular weight is 500 g/mol. The van der Waals surface area contributed by atoms with Crippen molar-refractivity contribution < 1.29 is 13.9 Å². The summed E-state index contributed by atoms with van der Waals surface area (Å²) in [7, 11) is 0. The lowest BCUT2D eigenvalue weighted by molar-refractivity contribution is 0.0841. The molecule has 1 amide bonds. The number of likely N-dealkylation sites (tertiary alicyclic amines) is 1. The molecule has 3 N–H and O–H groups in total. The van der Waals surface area contributed by atoms with Crippen LogP contribution < -0.4 is 15.8 Å². The van der Waals surface area contributed by atoms with Gasteiger partial charge in [0, 0.05) is 42.4 Å². The molecule has 1 saturated heterocycles. The van der Waals surface area contributed by atoms with Gasteiger partial charge in [0.05, 0.1) is 5.56 Å². The van der Waals surface area contributed by atoms with Crippen LogP contribution in [0.3, 0.4) is 0 Å². The molecule has 1 aromatic heterocycles. The zero-order chi connectivity index (χ0) is 26.1. The second-order valence-electron chi connectivity index (χ2n) is 9.91. The van der Waals surface area contributed by atoms with E-state index in [1.54, 1.807) is 36.4 Å². The van der Waals surface area contributed by atoms with E-state index < -0.39 is 5.95 Å². The molecule has 3 heterocycles. The maximum Gasteiger partial charge on any atom is 0.251 e. The van der Waals surface area contributed by atoms with E-state index >= 15 is 4.39 Å². The van der Waals surface area contributed by atoms with E-state index in [1.165, 1.54) is 0 Å². The minimum Gasteiger partial charge on any atom is -0.489 e. The number of halogens is 1. The van der Waals surface area contributed by atoms with Gasteiger partial charge in [-0.3, -0.25) is 4.79 Å². The number of fused-ring (bicyclic) bond motifs is 1. The topological polar surface area (TPSA) is 104 Å². The van der Waals surface area contributed by atoms with E-state index in [4.69, 9.17) is 10.5 Å². The number of carbonyl (C=O) groups excluding carboxylic acids is 1. The maximum absolute atomic E-state index is 15.0. The number of hydrogen-bond donors (Lipinski definition) is 2. The van der Waals surface area contributed by atoms with Crippen LogP contribution in [0.4, 0.5) is 10.2 Å². The Morgan fingerprint density at radius 2 is 1.84 bits per heavy atom. The minimum absolute atomic E-state index is 0.0422. The highest BCUT2D eigenvalue weighted by molar-refractivity contribution is 5.97. The van der Waals surface area contributed by atoms with E-state index in [0.717, 1.165) is 37.1 Å². The number of amides is 1. The first kappa shape index (κ1) is 24.7. The van der Waals surface area contributed by atoms with E-state index in [2.05, 4.69) is 35.1 Å². The third kappa shape index (κ3) is 5.00. The Morgan fingerprint density at radius 3 is 2.57 bits per heavy atom. The van der Waals surface area contributed by atoms with Crippen molar-refractivity contribution in [1.29, 1.82) is 5.26 Å². The van der Waals surface area contributed by atoms with Crippen LogP contribution in [-0.4, -0.2) is 47.6 Å². The third-order valence-electron chi connectivity index (χ3n) is 7.26. The molecule has 0 unspecified atom stereocenters. The fourth-order valence-corrected chi connectivity index (χ4v) is 5.11. The predicted octanol–water partition coefficient (Wildman–Crippen LogP) is 4.55. The second kappa shape index (κ2) is 10.2. The number of nitrogens with two attached hydrogens (primary N) is 1. The van der Waals surface area contributed by atoms with Gasteiger partial charge < -0.3 is 20.7 Å². The Balaban J connectivity index is 1.43. The molecule has 0 spiro atoms. The zero-order valence-electron chi connectivity index (χ0n) is 21.1. The van der Waals surface area contributed by atoms with Gasteiger partial charge in [-0.2, -0.15) is 9.65 Å². The smallest absolute Gasteiger partial charge is 0.251 e. The lowest BCUT2D eigenvalue weighted by Gasteiger charge is -2.34. The summed E-state index contributed by atoms with van der Waals surface area (Å²) in [5.74, 6) is -0.242. The Hall–Kier alpha value is -3.96. The van der Waals surface area contributed by atoms with E-state index in [9.17, 15) is 10.1 Å². The summed E-state index contributed by atoms with van der Waals surface area (Å²) in [6, 6.07) is 14.9. The van der Waals surface area contributed by atoms with Crippen LogP contribution in [0.5, 0.6) is 5.75 Å². The van der Waals surface area contributed by atoms with Gasteiger partial charge in [0.2, 0.25) is 5.95 Å². The molecule has 0 aliphatic carbocycles. The molecule has 8 heteroatoms. The van der Waals surface area contributed by atoms with Crippen molar-refractivity contribution in [1.82, 2.24) is 15.2 Å². The average Bonchev–Trinajstić information content (AvgIpc) is 2.89. The summed E-state index contributed by atoms with van der Waals surface area (Å²) in [6.07, 6.45) is 2.54. The zero-order valence-corrected chi connectivity index (χ0v) is 21.1. The van der Waals surface area contributed by atoms with Crippen molar-refractivity contribution in [2.75, 3.05) is 25.4 Å². The van der Waals surface area contributed by atoms with Crippen molar-refractivity contribution in [2.24, 2.45) is 0 Å². The summed E-state index contributed by atoms with van der Waals surface area (Å²) >= 11 is 0. The number of carbonyl (C=O) groups is 1. The number of nitriles is 1. The lowest BCUT2D eigenvalue weighted by atomic mass is 9.94. The first-order valence-electron chi connectivity index (χ1n) is 12.7. The molecule has 190 valence electrons. The first-order valence-corrected chi connectivity index (χ1v) is 12.7. The van der Waals surface area contributed by atoms with Gasteiger partial charge in [0.25, 0.3) is 5.91 Å². The van der Waals surface area contributed by atoms with Crippen molar-refractivity contribution in [3.8, 4) is 34.1 Å². The first-order chi connectivity index (χ1) is 17.8. The van der Waals surface area contributed by atoms with Gasteiger partial charge in [-0.1, -0.05) is 18.2 Å². The maximum atomic E-state index is 15.0. The van der Waals surface area contributed by atoms with Crippen molar-refractivity contribution >= 4 is 11.7 Å². The summed E-state index contributed by atoms with van der Waals surface area (Å²) in [5.41, 5.74) is 10.1. The van der Waals surface area contributed by atoms with E-state index in [-0.39, 0.29) is 23.4 Å².